The monoisotopic (exact) mass is 353 g/mol. The van der Waals surface area contributed by atoms with Crippen LogP contribution in [-0.4, -0.2) is 25.3 Å². The standard InChI is InChI=1S/C20H19NO5/c1-14(16-8-9-17-18(11-16)26-13-25-17)21-19(22)12-24-20(23)10-7-15-5-3-2-4-6-15/h2-11,14H,12-13H2,1H3,(H,21,22)/b10-7+/t14-/m1/s1. The van der Waals surface area contributed by atoms with Gasteiger partial charge in [0.15, 0.2) is 18.1 Å². The van der Waals surface area contributed by atoms with Crippen molar-refractivity contribution in [2.24, 2.45) is 0 Å². The van der Waals surface area contributed by atoms with Crippen LogP contribution in [0.15, 0.2) is 54.6 Å². The van der Waals surface area contributed by atoms with Crippen LogP contribution >= 0.6 is 0 Å². The van der Waals surface area contributed by atoms with Crippen molar-refractivity contribution in [2.75, 3.05) is 13.4 Å². The first-order chi connectivity index (χ1) is 12.6. The van der Waals surface area contributed by atoms with Gasteiger partial charge in [0.05, 0.1) is 6.04 Å². The van der Waals surface area contributed by atoms with Gasteiger partial charge >= 0.3 is 5.97 Å². The molecule has 0 unspecified atom stereocenters. The fourth-order valence-corrected chi connectivity index (χ4v) is 2.46. The summed E-state index contributed by atoms with van der Waals surface area (Å²) in [5.41, 5.74) is 1.75. The lowest BCUT2D eigenvalue weighted by molar-refractivity contribution is -0.144. The second-order valence-electron chi connectivity index (χ2n) is 5.75. The zero-order valence-corrected chi connectivity index (χ0v) is 14.3. The van der Waals surface area contributed by atoms with E-state index in [0.29, 0.717) is 11.5 Å². The highest BCUT2D eigenvalue weighted by Crippen LogP contribution is 2.34. The molecule has 2 aromatic carbocycles. The molecule has 1 heterocycles. The molecule has 2 aromatic rings. The minimum atomic E-state index is -0.570. The number of nitrogens with one attached hydrogen (secondary N) is 1. The van der Waals surface area contributed by atoms with Gasteiger partial charge in [-0.3, -0.25) is 4.79 Å². The van der Waals surface area contributed by atoms with Crippen LogP contribution in [0.2, 0.25) is 0 Å². The van der Waals surface area contributed by atoms with Crippen LogP contribution in [0.4, 0.5) is 0 Å². The third kappa shape index (κ3) is 4.63. The average molecular weight is 353 g/mol. The van der Waals surface area contributed by atoms with Gasteiger partial charge in [0.1, 0.15) is 0 Å². The van der Waals surface area contributed by atoms with Gasteiger partial charge in [-0.05, 0) is 36.3 Å². The maximum atomic E-state index is 12.0. The average Bonchev–Trinajstić information content (AvgIpc) is 3.13. The number of carbonyl (C=O) groups excluding carboxylic acids is 2. The molecule has 0 radical (unpaired) electrons. The number of esters is 1. The molecular formula is C20H19NO5. The maximum absolute atomic E-state index is 12.0. The first kappa shape index (κ1) is 17.5. The van der Waals surface area contributed by atoms with E-state index in [1.165, 1.54) is 6.08 Å². The zero-order valence-electron chi connectivity index (χ0n) is 14.3. The van der Waals surface area contributed by atoms with Crippen LogP contribution in [0, 0.1) is 0 Å². The number of rotatable bonds is 6. The molecule has 1 N–H and O–H groups in total. The van der Waals surface area contributed by atoms with Crippen molar-refractivity contribution in [3.63, 3.8) is 0 Å². The van der Waals surface area contributed by atoms with E-state index in [9.17, 15) is 9.59 Å². The molecule has 0 fully saturated rings. The van der Waals surface area contributed by atoms with Gasteiger partial charge in [0.25, 0.3) is 5.91 Å². The highest BCUT2D eigenvalue weighted by atomic mass is 16.7. The third-order valence-electron chi connectivity index (χ3n) is 3.83. The number of amides is 1. The maximum Gasteiger partial charge on any atom is 0.331 e. The van der Waals surface area contributed by atoms with Crippen LogP contribution in [0.25, 0.3) is 6.08 Å². The quantitative estimate of drug-likeness (QED) is 0.638. The molecule has 6 heteroatoms. The SMILES string of the molecule is C[C@@H](NC(=O)COC(=O)/C=C/c1ccccc1)c1ccc2c(c1)OCO2. The van der Waals surface area contributed by atoms with Crippen molar-refractivity contribution in [1.29, 1.82) is 0 Å². The van der Waals surface area contributed by atoms with Crippen molar-refractivity contribution in [3.05, 3.63) is 65.7 Å². The Kier molecular flexibility index (Phi) is 5.53. The van der Waals surface area contributed by atoms with E-state index in [1.54, 1.807) is 12.1 Å². The second kappa shape index (κ2) is 8.20. The number of carbonyl (C=O) groups is 2. The van der Waals surface area contributed by atoms with Gasteiger partial charge in [-0.15, -0.1) is 0 Å². The van der Waals surface area contributed by atoms with Gasteiger partial charge in [0, 0.05) is 6.08 Å². The zero-order chi connectivity index (χ0) is 18.4. The molecule has 0 aromatic heterocycles. The molecule has 6 nitrogen and oxygen atoms in total. The van der Waals surface area contributed by atoms with E-state index >= 15 is 0 Å². The summed E-state index contributed by atoms with van der Waals surface area (Å²) < 4.78 is 15.5. The van der Waals surface area contributed by atoms with Crippen molar-refractivity contribution in [3.8, 4) is 11.5 Å². The molecule has 26 heavy (non-hydrogen) atoms. The van der Waals surface area contributed by atoms with Crippen molar-refractivity contribution < 1.29 is 23.8 Å². The van der Waals surface area contributed by atoms with Crippen LogP contribution < -0.4 is 14.8 Å². The van der Waals surface area contributed by atoms with Crippen molar-refractivity contribution in [1.82, 2.24) is 5.32 Å². The summed E-state index contributed by atoms with van der Waals surface area (Å²) in [5.74, 6) is 0.392. The number of fused-ring (bicyclic) bond motifs is 1. The fourth-order valence-electron chi connectivity index (χ4n) is 2.46. The Bertz CT molecular complexity index is 816. The van der Waals surface area contributed by atoms with E-state index in [-0.39, 0.29) is 25.3 Å². The topological polar surface area (TPSA) is 73.9 Å². The molecule has 1 amide bonds. The van der Waals surface area contributed by atoms with Gasteiger partial charge in [-0.25, -0.2) is 4.79 Å². The van der Waals surface area contributed by atoms with Gasteiger partial charge in [0.2, 0.25) is 6.79 Å². The fraction of sp³-hybridized carbons (Fsp3) is 0.200. The second-order valence-corrected chi connectivity index (χ2v) is 5.75. The van der Waals surface area contributed by atoms with E-state index in [4.69, 9.17) is 14.2 Å². The molecule has 134 valence electrons. The summed E-state index contributed by atoms with van der Waals surface area (Å²) in [6.45, 7) is 1.70. The Balaban J connectivity index is 1.46. The number of hydrogen-bond donors (Lipinski definition) is 1. The summed E-state index contributed by atoms with van der Waals surface area (Å²) in [7, 11) is 0. The van der Waals surface area contributed by atoms with Crippen molar-refractivity contribution in [2.45, 2.75) is 13.0 Å². The Morgan fingerprint density at radius 2 is 1.92 bits per heavy atom. The van der Waals surface area contributed by atoms with Crippen LogP contribution in [0.5, 0.6) is 11.5 Å². The lowest BCUT2D eigenvalue weighted by Gasteiger charge is -2.14. The number of hydrogen-bond acceptors (Lipinski definition) is 5. The van der Waals surface area contributed by atoms with Gasteiger partial charge in [-0.2, -0.15) is 0 Å². The van der Waals surface area contributed by atoms with E-state index in [2.05, 4.69) is 5.32 Å². The predicted octanol–water partition coefficient (Wildman–Crippen LogP) is 2.85. The van der Waals surface area contributed by atoms with Crippen LogP contribution in [0.1, 0.15) is 24.1 Å². The molecule has 0 bridgehead atoms. The first-order valence-corrected chi connectivity index (χ1v) is 8.20. The lowest BCUT2D eigenvalue weighted by Crippen LogP contribution is -2.30. The molecule has 1 aliphatic heterocycles. The van der Waals surface area contributed by atoms with Crippen LogP contribution in [-0.2, 0) is 14.3 Å². The summed E-state index contributed by atoms with van der Waals surface area (Å²) in [5, 5.41) is 2.78. The molecule has 1 atom stereocenters. The predicted molar refractivity (Wildman–Crippen MR) is 95.6 cm³/mol. The molecule has 0 spiro atoms. The summed E-state index contributed by atoms with van der Waals surface area (Å²) in [6.07, 6.45) is 2.93. The minimum absolute atomic E-state index is 0.200. The van der Waals surface area contributed by atoms with Gasteiger partial charge < -0.3 is 19.5 Å². The molecule has 0 aliphatic carbocycles. The highest BCUT2D eigenvalue weighted by molar-refractivity contribution is 5.89. The summed E-state index contributed by atoms with van der Waals surface area (Å²) in [4.78, 5) is 23.7. The largest absolute Gasteiger partial charge is 0.454 e. The van der Waals surface area contributed by atoms with Crippen molar-refractivity contribution >= 4 is 18.0 Å². The molecule has 0 saturated carbocycles. The first-order valence-electron chi connectivity index (χ1n) is 8.20. The Morgan fingerprint density at radius 3 is 2.73 bits per heavy atom. The summed E-state index contributed by atoms with van der Waals surface area (Å²) in [6, 6.07) is 14.6. The van der Waals surface area contributed by atoms with E-state index < -0.39 is 5.97 Å². The normalized spacial score (nSPS) is 13.4. The number of benzene rings is 2. The molecular weight excluding hydrogens is 334 g/mol. The van der Waals surface area contributed by atoms with Crippen LogP contribution in [0.3, 0.4) is 0 Å². The Morgan fingerprint density at radius 1 is 1.15 bits per heavy atom. The lowest BCUT2D eigenvalue weighted by atomic mass is 10.1. The van der Waals surface area contributed by atoms with Gasteiger partial charge in [-0.1, -0.05) is 36.4 Å². The molecule has 0 saturated heterocycles. The number of ether oxygens (including phenoxy) is 3. The highest BCUT2D eigenvalue weighted by Gasteiger charge is 2.17. The third-order valence-corrected chi connectivity index (χ3v) is 3.83. The minimum Gasteiger partial charge on any atom is -0.454 e. The Labute approximate surface area is 151 Å². The molecule has 3 rings (SSSR count). The molecule has 1 aliphatic rings. The smallest absolute Gasteiger partial charge is 0.331 e. The van der Waals surface area contributed by atoms with E-state index in [1.807, 2.05) is 49.4 Å². The van der Waals surface area contributed by atoms with E-state index in [0.717, 1.165) is 11.1 Å². The summed E-state index contributed by atoms with van der Waals surface area (Å²) >= 11 is 0. The Hall–Kier alpha value is -3.28.